The molecule has 4 rings (SSSR count). The molecular formula is C26H31N4O3P. The van der Waals surface area contributed by atoms with E-state index in [1.54, 1.807) is 12.1 Å². The number of nitrogens with zero attached hydrogens (tertiary/aromatic N) is 4. The highest BCUT2D eigenvalue weighted by Crippen LogP contribution is 2.59. The van der Waals surface area contributed by atoms with Crippen molar-refractivity contribution < 1.29 is 9.34 Å². The maximum absolute atomic E-state index is 11.5. The van der Waals surface area contributed by atoms with Crippen molar-refractivity contribution in [2.75, 3.05) is 26.0 Å². The molecule has 2 heterocycles. The van der Waals surface area contributed by atoms with E-state index in [1.165, 1.54) is 11.6 Å². The molecular weight excluding hydrogens is 447 g/mol. The monoisotopic (exact) mass is 478 g/mol. The van der Waals surface area contributed by atoms with Crippen LogP contribution < -0.4 is 10.4 Å². The molecule has 1 aliphatic heterocycles. The lowest BCUT2D eigenvalue weighted by atomic mass is 9.84. The Balaban J connectivity index is 2.06. The number of allylic oxidation sites excluding steroid dienone is 1. The highest BCUT2D eigenvalue weighted by Gasteiger charge is 2.41. The average molecular weight is 479 g/mol. The van der Waals surface area contributed by atoms with Gasteiger partial charge in [0.2, 0.25) is 0 Å². The molecule has 0 bridgehead atoms. The minimum Gasteiger partial charge on any atom is -0.459 e. The van der Waals surface area contributed by atoms with Crippen LogP contribution in [0.3, 0.4) is 0 Å². The molecule has 1 atom stereocenters. The van der Waals surface area contributed by atoms with Crippen molar-refractivity contribution in [1.82, 2.24) is 4.67 Å². The molecule has 0 saturated heterocycles. The summed E-state index contributed by atoms with van der Waals surface area (Å²) in [5.74, 6) is 3.04. The third kappa shape index (κ3) is 3.89. The van der Waals surface area contributed by atoms with E-state index in [9.17, 15) is 10.1 Å². The van der Waals surface area contributed by atoms with Gasteiger partial charge in [-0.2, -0.15) is 0 Å². The number of para-hydroxylation sites is 1. The van der Waals surface area contributed by atoms with Crippen molar-refractivity contribution in [3.05, 3.63) is 93.1 Å². The Morgan fingerprint density at radius 1 is 1.12 bits per heavy atom. The fourth-order valence-electron chi connectivity index (χ4n) is 4.53. The van der Waals surface area contributed by atoms with Gasteiger partial charge >= 0.3 is 0 Å². The lowest BCUT2D eigenvalue weighted by Gasteiger charge is -2.31. The molecule has 0 amide bonds. The Morgan fingerprint density at radius 3 is 2.41 bits per heavy atom. The number of non-ortho nitro benzene ring substituents is 1. The summed E-state index contributed by atoms with van der Waals surface area (Å²) >= 11 is 0. The molecule has 0 fully saturated rings. The fourth-order valence-corrected chi connectivity index (χ4v) is 7.57. The molecule has 0 saturated carbocycles. The molecule has 2 aromatic carbocycles. The van der Waals surface area contributed by atoms with Crippen molar-refractivity contribution in [2.45, 2.75) is 33.1 Å². The zero-order valence-corrected chi connectivity index (χ0v) is 21.6. The van der Waals surface area contributed by atoms with E-state index in [0.29, 0.717) is 5.69 Å². The lowest BCUT2D eigenvalue weighted by molar-refractivity contribution is -0.384. The highest BCUT2D eigenvalue weighted by molar-refractivity contribution is 7.74. The molecule has 7 nitrogen and oxygen atoms in total. The summed E-state index contributed by atoms with van der Waals surface area (Å²) in [4.78, 5) is 13.3. The number of benzene rings is 2. The van der Waals surface area contributed by atoms with Gasteiger partial charge in [0.1, 0.15) is 13.0 Å². The van der Waals surface area contributed by atoms with Crippen LogP contribution in [0.25, 0.3) is 0 Å². The predicted octanol–water partition coefficient (Wildman–Crippen LogP) is 6.71. The summed E-state index contributed by atoms with van der Waals surface area (Å²) in [6.45, 7) is 8.28. The predicted molar refractivity (Wildman–Crippen MR) is 140 cm³/mol. The highest BCUT2D eigenvalue weighted by atomic mass is 31.2. The molecule has 0 unspecified atom stereocenters. The van der Waals surface area contributed by atoms with Crippen LogP contribution in [0.2, 0.25) is 0 Å². The Labute approximate surface area is 201 Å². The number of anilines is 1. The van der Waals surface area contributed by atoms with Crippen LogP contribution >= 0.6 is 7.21 Å². The smallest absolute Gasteiger partial charge is 0.271 e. The second kappa shape index (κ2) is 8.57. The maximum atomic E-state index is 11.5. The number of rotatable bonds is 5. The molecule has 8 heteroatoms. The number of furan rings is 1. The van der Waals surface area contributed by atoms with Gasteiger partial charge in [0.05, 0.1) is 10.6 Å². The number of aryl methyl sites for hydroxylation is 2. The summed E-state index contributed by atoms with van der Waals surface area (Å²) < 4.78 is 13.6. The molecule has 0 aliphatic carbocycles. The van der Waals surface area contributed by atoms with Crippen LogP contribution in [0.4, 0.5) is 17.1 Å². The van der Waals surface area contributed by atoms with Gasteiger partial charge in [-0.25, -0.2) is 4.74 Å². The number of likely N-dealkylation sites (N-methyl/N-ethyl adjacent to an activating group) is 1. The van der Waals surface area contributed by atoms with E-state index in [1.807, 2.05) is 40.1 Å². The van der Waals surface area contributed by atoms with Crippen LogP contribution in [0.5, 0.6) is 0 Å². The first-order valence-corrected chi connectivity index (χ1v) is 12.9. The number of nitro groups is 1. The van der Waals surface area contributed by atoms with Gasteiger partial charge in [-0.1, -0.05) is 38.1 Å². The van der Waals surface area contributed by atoms with Gasteiger partial charge in [-0.05, 0) is 63.1 Å². The van der Waals surface area contributed by atoms with Crippen LogP contribution in [0, 0.1) is 24.0 Å². The molecule has 0 radical (unpaired) electrons. The number of nitro benzene ring substituents is 1. The standard InChI is InChI=1S/C26H31N4O3P/c1-18-12-14-20(30(31)32)16-22(18)27-34(28(5)6,25-15-13-19(2)33-25)17-24-26(3,4)21-10-8-9-11-23(21)29(24)7/h8-17H,1-7H3/b24-17-/t34-/m0/s1. The second-order valence-electron chi connectivity index (χ2n) is 9.42. The third-order valence-corrected chi connectivity index (χ3v) is 9.80. The van der Waals surface area contributed by atoms with E-state index in [4.69, 9.17) is 9.16 Å². The summed E-state index contributed by atoms with van der Waals surface area (Å²) in [5.41, 5.74) is 5.54. The normalized spacial score (nSPS) is 17.6. The number of hydrogen-bond acceptors (Lipinski definition) is 5. The van der Waals surface area contributed by atoms with Crippen LogP contribution in [0.15, 0.2) is 75.3 Å². The van der Waals surface area contributed by atoms with Crippen molar-refractivity contribution in [1.29, 1.82) is 0 Å². The topological polar surface area (TPSA) is 75.1 Å². The first-order valence-electron chi connectivity index (χ1n) is 11.2. The van der Waals surface area contributed by atoms with Gasteiger partial charge in [0.25, 0.3) is 5.69 Å². The first kappa shape index (κ1) is 24.0. The van der Waals surface area contributed by atoms with Gasteiger partial charge in [0.15, 0.2) is 5.50 Å². The fraction of sp³-hybridized carbons (Fsp3) is 0.308. The maximum Gasteiger partial charge on any atom is 0.271 e. The molecule has 34 heavy (non-hydrogen) atoms. The summed E-state index contributed by atoms with van der Waals surface area (Å²) in [6, 6.07) is 17.2. The third-order valence-electron chi connectivity index (χ3n) is 6.57. The van der Waals surface area contributed by atoms with E-state index >= 15 is 0 Å². The first-order chi connectivity index (χ1) is 16.0. The molecule has 0 spiro atoms. The Kier molecular flexibility index (Phi) is 6.05. The lowest BCUT2D eigenvalue weighted by Crippen LogP contribution is -2.25. The Bertz CT molecular complexity index is 1350. The Hall–Kier alpha value is -3.15. The number of fused-ring (bicyclic) bond motifs is 1. The minimum absolute atomic E-state index is 0.0233. The average Bonchev–Trinajstić information content (AvgIpc) is 3.30. The SMILES string of the molecule is Cc1ccc([P@@](/C=C2\N(C)c3ccccc3C2(C)C)(=Nc2cc([N+](=O)[O-])ccc2C)N(C)C)o1. The van der Waals surface area contributed by atoms with Crippen LogP contribution in [-0.2, 0) is 5.41 Å². The van der Waals surface area contributed by atoms with E-state index < -0.39 is 7.21 Å². The zero-order chi connectivity index (χ0) is 24.8. The van der Waals surface area contributed by atoms with Gasteiger partial charge in [-0.3, -0.25) is 14.8 Å². The van der Waals surface area contributed by atoms with Crippen molar-refractivity contribution in [3.8, 4) is 0 Å². The van der Waals surface area contributed by atoms with Gasteiger partial charge < -0.3 is 9.32 Å². The molecule has 178 valence electrons. The molecule has 1 aromatic heterocycles. The van der Waals surface area contributed by atoms with Gasteiger partial charge in [0, 0.05) is 36.0 Å². The quantitative estimate of drug-likeness (QED) is 0.231. The number of hydrogen-bond donors (Lipinski definition) is 0. The second-order valence-corrected chi connectivity index (χ2v) is 12.4. The van der Waals surface area contributed by atoms with E-state index in [0.717, 1.165) is 28.2 Å². The van der Waals surface area contributed by atoms with Crippen LogP contribution in [0.1, 0.15) is 30.7 Å². The van der Waals surface area contributed by atoms with Crippen LogP contribution in [-0.4, -0.2) is 30.7 Å². The summed E-state index contributed by atoms with van der Waals surface area (Å²) in [7, 11) is 3.44. The summed E-state index contributed by atoms with van der Waals surface area (Å²) in [6.07, 6.45) is 0. The molecule has 1 aliphatic rings. The van der Waals surface area contributed by atoms with Crippen molar-refractivity contribution in [2.24, 2.45) is 4.74 Å². The minimum atomic E-state index is -2.63. The zero-order valence-electron chi connectivity index (χ0n) is 20.7. The largest absolute Gasteiger partial charge is 0.459 e. The Morgan fingerprint density at radius 2 is 1.82 bits per heavy atom. The van der Waals surface area contributed by atoms with Crippen molar-refractivity contribution >= 4 is 29.8 Å². The molecule has 0 N–H and O–H groups in total. The van der Waals surface area contributed by atoms with E-state index in [-0.39, 0.29) is 16.0 Å². The van der Waals surface area contributed by atoms with E-state index in [2.05, 4.69) is 60.5 Å². The summed E-state index contributed by atoms with van der Waals surface area (Å²) in [5, 5.41) is 11.5. The molecule has 3 aromatic rings. The van der Waals surface area contributed by atoms with Gasteiger partial charge in [-0.15, -0.1) is 0 Å². The van der Waals surface area contributed by atoms with Crippen molar-refractivity contribution in [3.63, 3.8) is 0 Å².